The molecule has 0 saturated carbocycles. The number of hydrogen-bond acceptors (Lipinski definition) is 6. The predicted molar refractivity (Wildman–Crippen MR) is 70.4 cm³/mol. The van der Waals surface area contributed by atoms with E-state index in [-0.39, 0.29) is 5.97 Å². The van der Waals surface area contributed by atoms with Crippen molar-refractivity contribution in [3.63, 3.8) is 0 Å². The summed E-state index contributed by atoms with van der Waals surface area (Å²) < 4.78 is 10.2. The molecule has 100 valence electrons. The van der Waals surface area contributed by atoms with Crippen molar-refractivity contribution in [2.45, 2.75) is 26.3 Å². The van der Waals surface area contributed by atoms with Crippen molar-refractivity contribution < 1.29 is 14.3 Å². The minimum atomic E-state index is -0.308. The lowest BCUT2D eigenvalue weighted by Gasteiger charge is -2.34. The average molecular weight is 270 g/mol. The molecule has 2 heterocycles. The molecule has 1 saturated heterocycles. The molecule has 0 spiro atoms. The Labute approximate surface area is 111 Å². The van der Waals surface area contributed by atoms with E-state index in [4.69, 9.17) is 9.47 Å². The molecule has 0 radical (unpaired) electrons. The number of carbonyl (C=O) groups excluding carboxylic acids is 1. The van der Waals surface area contributed by atoms with Crippen molar-refractivity contribution >= 4 is 22.4 Å². The molecular weight excluding hydrogens is 252 g/mol. The predicted octanol–water partition coefficient (Wildman–Crippen LogP) is 1.85. The molecule has 1 unspecified atom stereocenters. The molecular formula is C12H18N2O3S. The van der Waals surface area contributed by atoms with Crippen LogP contribution in [0.3, 0.4) is 0 Å². The number of hydrogen-bond donors (Lipinski definition) is 0. The minimum absolute atomic E-state index is 0.308. The summed E-state index contributed by atoms with van der Waals surface area (Å²) in [5.74, 6) is -0.308. The van der Waals surface area contributed by atoms with Crippen LogP contribution in [0.2, 0.25) is 0 Å². The number of thiazole rings is 1. The van der Waals surface area contributed by atoms with E-state index >= 15 is 0 Å². The lowest BCUT2D eigenvalue weighted by molar-refractivity contribution is 0.0605. The van der Waals surface area contributed by atoms with Gasteiger partial charge in [0.25, 0.3) is 0 Å². The molecule has 0 amide bonds. The first-order valence-electron chi connectivity index (χ1n) is 6.07. The Hall–Kier alpha value is -1.14. The van der Waals surface area contributed by atoms with E-state index in [0.717, 1.165) is 30.4 Å². The van der Waals surface area contributed by atoms with Crippen molar-refractivity contribution in [2.75, 3.05) is 31.8 Å². The zero-order valence-corrected chi connectivity index (χ0v) is 11.7. The highest BCUT2D eigenvalue weighted by molar-refractivity contribution is 7.17. The van der Waals surface area contributed by atoms with E-state index in [1.165, 1.54) is 18.4 Å². The molecule has 0 N–H and O–H groups in total. The maximum atomic E-state index is 11.6. The largest absolute Gasteiger partial charge is 0.465 e. The SMILES string of the molecule is CCC1COCCN1c1nc(C)c(C(=O)OC)s1. The lowest BCUT2D eigenvalue weighted by atomic mass is 10.2. The molecule has 1 aromatic rings. The Morgan fingerprint density at radius 3 is 3.11 bits per heavy atom. The number of carbonyl (C=O) groups is 1. The standard InChI is InChI=1S/C12H18N2O3S/c1-4-9-7-17-6-5-14(9)12-13-8(2)10(18-12)11(15)16-3/h9H,4-7H2,1-3H3. The quantitative estimate of drug-likeness (QED) is 0.785. The van der Waals surface area contributed by atoms with Crippen LogP contribution < -0.4 is 4.90 Å². The Bertz CT molecular complexity index is 433. The van der Waals surface area contributed by atoms with Crippen LogP contribution in [-0.4, -0.2) is 43.9 Å². The average Bonchev–Trinajstić information content (AvgIpc) is 2.79. The Morgan fingerprint density at radius 2 is 2.44 bits per heavy atom. The van der Waals surface area contributed by atoms with Crippen molar-refractivity contribution in [1.29, 1.82) is 0 Å². The molecule has 0 aromatic carbocycles. The van der Waals surface area contributed by atoms with Gasteiger partial charge in [-0.1, -0.05) is 18.3 Å². The van der Waals surface area contributed by atoms with Crippen molar-refractivity contribution in [2.24, 2.45) is 0 Å². The number of rotatable bonds is 3. The summed E-state index contributed by atoms with van der Waals surface area (Å²) in [5.41, 5.74) is 0.739. The van der Waals surface area contributed by atoms with Gasteiger partial charge in [-0.3, -0.25) is 0 Å². The van der Waals surface area contributed by atoms with Gasteiger partial charge in [-0.15, -0.1) is 0 Å². The second-order valence-electron chi connectivity index (χ2n) is 4.23. The molecule has 1 atom stereocenters. The third-order valence-electron chi connectivity index (χ3n) is 3.10. The second-order valence-corrected chi connectivity index (χ2v) is 5.21. The molecule has 18 heavy (non-hydrogen) atoms. The lowest BCUT2D eigenvalue weighted by Crippen LogP contribution is -2.45. The summed E-state index contributed by atoms with van der Waals surface area (Å²) in [6.07, 6.45) is 1.01. The van der Waals surface area contributed by atoms with E-state index in [2.05, 4.69) is 16.8 Å². The van der Waals surface area contributed by atoms with Crippen LogP contribution in [0, 0.1) is 6.92 Å². The molecule has 6 heteroatoms. The number of morpholine rings is 1. The number of aromatic nitrogens is 1. The topological polar surface area (TPSA) is 51.7 Å². The van der Waals surface area contributed by atoms with Gasteiger partial charge in [0.15, 0.2) is 5.13 Å². The van der Waals surface area contributed by atoms with E-state index < -0.39 is 0 Å². The van der Waals surface area contributed by atoms with Crippen molar-refractivity contribution in [3.05, 3.63) is 10.6 Å². The van der Waals surface area contributed by atoms with Crippen molar-refractivity contribution in [1.82, 2.24) is 4.98 Å². The summed E-state index contributed by atoms with van der Waals surface area (Å²) in [6.45, 7) is 6.24. The molecule has 0 aliphatic carbocycles. The van der Waals surface area contributed by atoms with Gasteiger partial charge in [0.05, 0.1) is 32.1 Å². The Morgan fingerprint density at radius 1 is 1.67 bits per heavy atom. The smallest absolute Gasteiger partial charge is 0.350 e. The van der Waals surface area contributed by atoms with E-state index in [1.807, 2.05) is 6.92 Å². The van der Waals surface area contributed by atoms with Crippen LogP contribution >= 0.6 is 11.3 Å². The van der Waals surface area contributed by atoms with Gasteiger partial charge in [-0.2, -0.15) is 0 Å². The van der Waals surface area contributed by atoms with Crippen LogP contribution in [-0.2, 0) is 9.47 Å². The van der Waals surface area contributed by atoms with Crippen LogP contribution in [0.25, 0.3) is 0 Å². The molecule has 1 fully saturated rings. The molecule has 1 aliphatic rings. The maximum absolute atomic E-state index is 11.6. The third kappa shape index (κ3) is 2.49. The van der Waals surface area contributed by atoms with E-state index in [1.54, 1.807) is 0 Å². The Kier molecular flexibility index (Phi) is 4.19. The highest BCUT2D eigenvalue weighted by Crippen LogP contribution is 2.29. The molecule has 0 bridgehead atoms. The number of esters is 1. The van der Waals surface area contributed by atoms with Gasteiger partial charge in [0.1, 0.15) is 4.88 Å². The summed E-state index contributed by atoms with van der Waals surface area (Å²) in [7, 11) is 1.39. The molecule has 1 aliphatic heterocycles. The number of anilines is 1. The van der Waals surface area contributed by atoms with Gasteiger partial charge in [-0.25, -0.2) is 9.78 Å². The molecule has 1 aromatic heterocycles. The first-order chi connectivity index (χ1) is 8.67. The Balaban J connectivity index is 2.24. The monoisotopic (exact) mass is 270 g/mol. The molecule has 5 nitrogen and oxygen atoms in total. The number of methoxy groups -OCH3 is 1. The third-order valence-corrected chi connectivity index (χ3v) is 4.28. The van der Waals surface area contributed by atoms with Crippen LogP contribution in [0.5, 0.6) is 0 Å². The highest BCUT2D eigenvalue weighted by atomic mass is 32.1. The zero-order chi connectivity index (χ0) is 13.1. The maximum Gasteiger partial charge on any atom is 0.350 e. The second kappa shape index (κ2) is 5.67. The van der Waals surface area contributed by atoms with Crippen molar-refractivity contribution in [3.8, 4) is 0 Å². The summed E-state index contributed by atoms with van der Waals surface area (Å²) in [5, 5.41) is 0.892. The zero-order valence-electron chi connectivity index (χ0n) is 10.9. The highest BCUT2D eigenvalue weighted by Gasteiger charge is 2.26. The van der Waals surface area contributed by atoms with Gasteiger partial charge in [0.2, 0.25) is 0 Å². The fraction of sp³-hybridized carbons (Fsp3) is 0.667. The number of aryl methyl sites for hydroxylation is 1. The number of nitrogens with zero attached hydrogens (tertiary/aromatic N) is 2. The fourth-order valence-electron chi connectivity index (χ4n) is 2.03. The minimum Gasteiger partial charge on any atom is -0.465 e. The van der Waals surface area contributed by atoms with Gasteiger partial charge in [0, 0.05) is 6.54 Å². The van der Waals surface area contributed by atoms with Gasteiger partial charge >= 0.3 is 5.97 Å². The van der Waals surface area contributed by atoms with Crippen LogP contribution in [0.1, 0.15) is 28.7 Å². The van der Waals surface area contributed by atoms with Crippen LogP contribution in [0.4, 0.5) is 5.13 Å². The normalized spacial score (nSPS) is 19.9. The summed E-state index contributed by atoms with van der Waals surface area (Å²) >= 11 is 1.40. The van der Waals surface area contributed by atoms with Gasteiger partial charge in [-0.05, 0) is 13.3 Å². The van der Waals surface area contributed by atoms with E-state index in [9.17, 15) is 4.79 Å². The van der Waals surface area contributed by atoms with E-state index in [0.29, 0.717) is 17.5 Å². The summed E-state index contributed by atoms with van der Waals surface area (Å²) in [4.78, 5) is 18.9. The summed E-state index contributed by atoms with van der Waals surface area (Å²) in [6, 6.07) is 0.342. The first kappa shape index (κ1) is 13.3. The molecule has 2 rings (SSSR count). The number of ether oxygens (including phenoxy) is 2. The van der Waals surface area contributed by atoms with Gasteiger partial charge < -0.3 is 14.4 Å². The fourth-order valence-corrected chi connectivity index (χ4v) is 3.11. The van der Waals surface area contributed by atoms with Crippen LogP contribution in [0.15, 0.2) is 0 Å². The first-order valence-corrected chi connectivity index (χ1v) is 6.89.